The Morgan fingerprint density at radius 2 is 2.00 bits per heavy atom. The van der Waals surface area contributed by atoms with Gasteiger partial charge < -0.3 is 9.64 Å². The molecule has 0 unspecified atom stereocenters. The number of nitrogens with zero attached hydrogens (tertiary/aromatic N) is 1. The molecule has 1 aromatic carbocycles. The number of alkyl halides is 3. The first-order chi connectivity index (χ1) is 8.86. The summed E-state index contributed by atoms with van der Waals surface area (Å²) in [6.07, 6.45) is 1.01. The molecule has 0 radical (unpaired) electrons. The normalized spacial score (nSPS) is 15.4. The van der Waals surface area contributed by atoms with Gasteiger partial charge >= 0.3 is 6.18 Å². The van der Waals surface area contributed by atoms with Crippen LogP contribution in [0.4, 0.5) is 13.2 Å². The Morgan fingerprint density at radius 3 is 2.63 bits per heavy atom. The van der Waals surface area contributed by atoms with Crippen LogP contribution in [0.25, 0.3) is 0 Å². The SMILES string of the molecule is Cc1ccc(OC2=CN(C)CC=C2)cc1C(F)(F)F. The maximum absolute atomic E-state index is 12.8. The van der Waals surface area contributed by atoms with Crippen molar-refractivity contribution in [2.24, 2.45) is 0 Å². The molecule has 2 nitrogen and oxygen atoms in total. The van der Waals surface area contributed by atoms with E-state index in [1.165, 1.54) is 19.1 Å². The molecule has 0 spiro atoms. The second kappa shape index (κ2) is 4.99. The number of likely N-dealkylation sites (N-methyl/N-ethyl adjacent to an activating group) is 1. The molecule has 102 valence electrons. The maximum atomic E-state index is 12.8. The van der Waals surface area contributed by atoms with E-state index >= 15 is 0 Å². The number of benzene rings is 1. The van der Waals surface area contributed by atoms with Crippen LogP contribution in [-0.4, -0.2) is 18.5 Å². The molecular formula is C14H14F3NO. The third kappa shape index (κ3) is 3.30. The van der Waals surface area contributed by atoms with Gasteiger partial charge in [0.2, 0.25) is 0 Å². The van der Waals surface area contributed by atoms with Crippen molar-refractivity contribution < 1.29 is 17.9 Å². The number of aryl methyl sites for hydroxylation is 1. The number of hydrogen-bond donors (Lipinski definition) is 0. The highest BCUT2D eigenvalue weighted by molar-refractivity contribution is 5.38. The van der Waals surface area contributed by atoms with Gasteiger partial charge in [0.25, 0.3) is 0 Å². The van der Waals surface area contributed by atoms with Crippen molar-refractivity contribution in [1.29, 1.82) is 0 Å². The van der Waals surface area contributed by atoms with Gasteiger partial charge in [-0.05, 0) is 30.7 Å². The van der Waals surface area contributed by atoms with Gasteiger partial charge in [-0.3, -0.25) is 0 Å². The topological polar surface area (TPSA) is 12.5 Å². The number of ether oxygens (including phenoxy) is 1. The van der Waals surface area contributed by atoms with Crippen LogP contribution >= 0.6 is 0 Å². The first-order valence-electron chi connectivity index (χ1n) is 5.80. The average Bonchev–Trinajstić information content (AvgIpc) is 2.30. The minimum Gasteiger partial charge on any atom is -0.456 e. The van der Waals surface area contributed by atoms with Crippen molar-refractivity contribution in [1.82, 2.24) is 4.90 Å². The monoisotopic (exact) mass is 269 g/mol. The fourth-order valence-electron chi connectivity index (χ4n) is 1.81. The molecule has 0 fully saturated rings. The lowest BCUT2D eigenvalue weighted by Gasteiger charge is -2.18. The van der Waals surface area contributed by atoms with Crippen LogP contribution in [0.2, 0.25) is 0 Å². The van der Waals surface area contributed by atoms with Crippen LogP contribution < -0.4 is 4.74 Å². The van der Waals surface area contributed by atoms with E-state index in [1.807, 2.05) is 18.0 Å². The first-order valence-corrected chi connectivity index (χ1v) is 5.80. The fraction of sp³-hybridized carbons (Fsp3) is 0.286. The van der Waals surface area contributed by atoms with E-state index in [-0.39, 0.29) is 11.3 Å². The Labute approximate surface area is 109 Å². The Balaban J connectivity index is 2.25. The molecular weight excluding hydrogens is 255 g/mol. The van der Waals surface area contributed by atoms with Crippen molar-refractivity contribution in [2.45, 2.75) is 13.1 Å². The predicted molar refractivity (Wildman–Crippen MR) is 66.7 cm³/mol. The molecule has 1 aliphatic rings. The summed E-state index contributed by atoms with van der Waals surface area (Å²) < 4.78 is 43.8. The van der Waals surface area contributed by atoms with Gasteiger partial charge in [-0.15, -0.1) is 0 Å². The Morgan fingerprint density at radius 1 is 1.26 bits per heavy atom. The summed E-state index contributed by atoms with van der Waals surface area (Å²) in [5, 5.41) is 0. The number of halogens is 3. The summed E-state index contributed by atoms with van der Waals surface area (Å²) in [6.45, 7) is 2.19. The zero-order valence-corrected chi connectivity index (χ0v) is 10.7. The van der Waals surface area contributed by atoms with Crippen LogP contribution in [0.5, 0.6) is 5.75 Å². The third-order valence-corrected chi connectivity index (χ3v) is 2.77. The largest absolute Gasteiger partial charge is 0.456 e. The Kier molecular flexibility index (Phi) is 3.55. The molecule has 0 atom stereocenters. The van der Waals surface area contributed by atoms with E-state index in [1.54, 1.807) is 12.3 Å². The highest BCUT2D eigenvalue weighted by atomic mass is 19.4. The predicted octanol–water partition coefficient (Wildman–Crippen LogP) is 3.74. The second-order valence-electron chi connectivity index (χ2n) is 4.45. The van der Waals surface area contributed by atoms with E-state index in [9.17, 15) is 13.2 Å². The lowest BCUT2D eigenvalue weighted by atomic mass is 10.1. The molecule has 1 aliphatic heterocycles. The average molecular weight is 269 g/mol. The zero-order valence-electron chi connectivity index (χ0n) is 10.7. The van der Waals surface area contributed by atoms with Gasteiger partial charge in [-0.25, -0.2) is 0 Å². The lowest BCUT2D eigenvalue weighted by Crippen LogP contribution is -2.16. The van der Waals surface area contributed by atoms with Gasteiger partial charge in [0.1, 0.15) is 11.5 Å². The van der Waals surface area contributed by atoms with Crippen LogP contribution in [0, 0.1) is 6.92 Å². The quantitative estimate of drug-likeness (QED) is 0.811. The van der Waals surface area contributed by atoms with Gasteiger partial charge in [-0.1, -0.05) is 12.1 Å². The number of hydrogen-bond acceptors (Lipinski definition) is 2. The highest BCUT2D eigenvalue weighted by Crippen LogP contribution is 2.34. The maximum Gasteiger partial charge on any atom is 0.416 e. The van der Waals surface area contributed by atoms with Crippen LogP contribution in [0.15, 0.2) is 42.3 Å². The lowest BCUT2D eigenvalue weighted by molar-refractivity contribution is -0.138. The van der Waals surface area contributed by atoms with Crippen LogP contribution in [0.1, 0.15) is 11.1 Å². The minimum atomic E-state index is -4.36. The molecule has 0 N–H and O–H groups in total. The minimum absolute atomic E-state index is 0.184. The van der Waals surface area contributed by atoms with E-state index in [2.05, 4.69) is 0 Å². The molecule has 0 amide bonds. The smallest absolute Gasteiger partial charge is 0.416 e. The number of rotatable bonds is 2. The first kappa shape index (κ1) is 13.5. The summed E-state index contributed by atoms with van der Waals surface area (Å²) in [7, 11) is 1.86. The Hall–Kier alpha value is -1.91. The van der Waals surface area contributed by atoms with Crippen molar-refractivity contribution >= 4 is 0 Å². The molecule has 2 rings (SSSR count). The summed E-state index contributed by atoms with van der Waals surface area (Å²) in [5.74, 6) is 0.704. The molecule has 0 bridgehead atoms. The van der Waals surface area contributed by atoms with E-state index in [0.29, 0.717) is 5.76 Å². The van der Waals surface area contributed by atoms with Gasteiger partial charge in [0, 0.05) is 19.8 Å². The Bertz CT molecular complexity index is 532. The summed E-state index contributed by atoms with van der Waals surface area (Å²) in [5.41, 5.74) is -0.483. The van der Waals surface area contributed by atoms with Gasteiger partial charge in [-0.2, -0.15) is 13.2 Å². The molecule has 0 saturated carbocycles. The van der Waals surface area contributed by atoms with Gasteiger partial charge in [0.05, 0.1) is 5.56 Å². The molecule has 5 heteroatoms. The van der Waals surface area contributed by atoms with Crippen LogP contribution in [0.3, 0.4) is 0 Å². The summed E-state index contributed by atoms with van der Waals surface area (Å²) in [4.78, 5) is 1.88. The summed E-state index contributed by atoms with van der Waals surface area (Å²) in [6, 6.07) is 3.97. The van der Waals surface area contributed by atoms with Gasteiger partial charge in [0.15, 0.2) is 0 Å². The van der Waals surface area contributed by atoms with E-state index < -0.39 is 11.7 Å². The second-order valence-corrected chi connectivity index (χ2v) is 4.45. The molecule has 0 aromatic heterocycles. The molecule has 0 aliphatic carbocycles. The van der Waals surface area contributed by atoms with Crippen molar-refractivity contribution in [3.05, 3.63) is 53.4 Å². The molecule has 1 heterocycles. The zero-order chi connectivity index (χ0) is 14.0. The highest BCUT2D eigenvalue weighted by Gasteiger charge is 2.32. The third-order valence-electron chi connectivity index (χ3n) is 2.77. The number of allylic oxidation sites excluding steroid dienone is 1. The van der Waals surface area contributed by atoms with E-state index in [4.69, 9.17) is 4.74 Å². The van der Waals surface area contributed by atoms with E-state index in [0.717, 1.165) is 12.6 Å². The molecule has 0 saturated heterocycles. The summed E-state index contributed by atoms with van der Waals surface area (Å²) >= 11 is 0. The molecule has 19 heavy (non-hydrogen) atoms. The fourth-order valence-corrected chi connectivity index (χ4v) is 1.81. The van der Waals surface area contributed by atoms with Crippen molar-refractivity contribution in [3.8, 4) is 5.75 Å². The van der Waals surface area contributed by atoms with Crippen LogP contribution in [-0.2, 0) is 6.18 Å². The molecule has 1 aromatic rings. The standard InChI is InChI=1S/C14H14F3NO/c1-10-5-6-11(8-13(10)14(15,16)17)19-12-4-3-7-18(2)9-12/h3-6,8-9H,7H2,1-2H3. The van der Waals surface area contributed by atoms with Crippen molar-refractivity contribution in [2.75, 3.05) is 13.6 Å². The van der Waals surface area contributed by atoms with Crippen molar-refractivity contribution in [3.63, 3.8) is 0 Å².